The zero-order valence-electron chi connectivity index (χ0n) is 13.1. The molecule has 1 atom stereocenters. The maximum atomic E-state index is 12.4. The molecule has 122 valence electrons. The van der Waals surface area contributed by atoms with Gasteiger partial charge >= 0.3 is 0 Å². The molecule has 0 bridgehead atoms. The fourth-order valence-corrected chi connectivity index (χ4v) is 4.74. The minimum absolute atomic E-state index is 0.110. The number of furan rings is 1. The smallest absolute Gasteiger partial charge is 0.250 e. The van der Waals surface area contributed by atoms with Gasteiger partial charge in [0.05, 0.1) is 12.3 Å². The molecule has 0 aliphatic carbocycles. The van der Waals surface area contributed by atoms with Gasteiger partial charge < -0.3 is 4.42 Å². The quantitative estimate of drug-likeness (QED) is 0.801. The highest BCUT2D eigenvalue weighted by molar-refractivity contribution is 7.91. The van der Waals surface area contributed by atoms with Crippen molar-refractivity contribution in [2.45, 2.75) is 31.0 Å². The van der Waals surface area contributed by atoms with E-state index in [1.54, 1.807) is 12.3 Å². The molecule has 0 aromatic carbocycles. The number of hydrogen-bond acceptors (Lipinski definition) is 5. The van der Waals surface area contributed by atoms with E-state index in [9.17, 15) is 8.42 Å². The molecule has 7 heteroatoms. The fraction of sp³-hybridized carbons (Fsp3) is 0.467. The third-order valence-electron chi connectivity index (χ3n) is 3.57. The summed E-state index contributed by atoms with van der Waals surface area (Å²) < 4.78 is 33.3. The molecule has 1 N–H and O–H groups in total. The van der Waals surface area contributed by atoms with Gasteiger partial charge in [-0.1, -0.05) is 13.8 Å². The van der Waals surface area contributed by atoms with Gasteiger partial charge in [-0.05, 0) is 44.3 Å². The molecule has 2 aromatic rings. The van der Waals surface area contributed by atoms with Crippen molar-refractivity contribution in [3.8, 4) is 0 Å². The molecule has 22 heavy (non-hydrogen) atoms. The monoisotopic (exact) mass is 342 g/mol. The highest BCUT2D eigenvalue weighted by Crippen LogP contribution is 2.23. The van der Waals surface area contributed by atoms with Crippen LogP contribution in [0.25, 0.3) is 0 Å². The Bertz CT molecular complexity index is 673. The maximum absolute atomic E-state index is 12.4. The standard InChI is InChI=1S/C15H22N2O3S2/c1-4-17(5-2)13(14-7-6-10-20-14)11-16-22(18,19)15-9-8-12(3)21-15/h6-10,13,16H,4-5,11H2,1-3H3. The van der Waals surface area contributed by atoms with Crippen molar-refractivity contribution in [3.05, 3.63) is 41.2 Å². The van der Waals surface area contributed by atoms with Gasteiger partial charge in [0.2, 0.25) is 10.0 Å². The van der Waals surface area contributed by atoms with E-state index < -0.39 is 10.0 Å². The average Bonchev–Trinajstić information content (AvgIpc) is 3.15. The first-order chi connectivity index (χ1) is 10.5. The number of thiophene rings is 1. The van der Waals surface area contributed by atoms with Crippen LogP contribution < -0.4 is 4.72 Å². The summed E-state index contributed by atoms with van der Waals surface area (Å²) in [6.45, 7) is 7.93. The van der Waals surface area contributed by atoms with Crippen LogP contribution in [0, 0.1) is 6.92 Å². The second-order valence-electron chi connectivity index (χ2n) is 4.97. The lowest BCUT2D eigenvalue weighted by Crippen LogP contribution is -2.37. The molecule has 0 radical (unpaired) electrons. The number of nitrogens with one attached hydrogen (secondary N) is 1. The Balaban J connectivity index is 2.14. The Labute approximate surface area is 136 Å². The van der Waals surface area contributed by atoms with Crippen molar-refractivity contribution in [1.29, 1.82) is 0 Å². The van der Waals surface area contributed by atoms with Gasteiger partial charge in [0.25, 0.3) is 0 Å². The van der Waals surface area contributed by atoms with Gasteiger partial charge in [-0.25, -0.2) is 13.1 Å². The Morgan fingerprint density at radius 2 is 2.00 bits per heavy atom. The number of aryl methyl sites for hydroxylation is 1. The lowest BCUT2D eigenvalue weighted by atomic mass is 10.2. The van der Waals surface area contributed by atoms with Crippen LogP contribution in [0.2, 0.25) is 0 Å². The van der Waals surface area contributed by atoms with Crippen LogP contribution >= 0.6 is 11.3 Å². The SMILES string of the molecule is CCN(CC)C(CNS(=O)(=O)c1ccc(C)s1)c1ccco1. The first-order valence-electron chi connectivity index (χ1n) is 7.31. The molecule has 0 saturated heterocycles. The zero-order valence-corrected chi connectivity index (χ0v) is 14.7. The molecule has 2 heterocycles. The van der Waals surface area contributed by atoms with Crippen molar-refractivity contribution < 1.29 is 12.8 Å². The molecule has 5 nitrogen and oxygen atoms in total. The van der Waals surface area contributed by atoms with Gasteiger partial charge in [0.1, 0.15) is 9.97 Å². The van der Waals surface area contributed by atoms with E-state index in [-0.39, 0.29) is 12.6 Å². The third kappa shape index (κ3) is 3.98. The number of likely N-dealkylation sites (N-methyl/N-ethyl adjacent to an activating group) is 1. The molecular weight excluding hydrogens is 320 g/mol. The molecule has 0 fully saturated rings. The highest BCUT2D eigenvalue weighted by Gasteiger charge is 2.24. The number of hydrogen-bond donors (Lipinski definition) is 1. The first-order valence-corrected chi connectivity index (χ1v) is 9.61. The van der Waals surface area contributed by atoms with E-state index in [1.807, 2.05) is 25.1 Å². The molecule has 2 aromatic heterocycles. The second kappa shape index (κ2) is 7.41. The van der Waals surface area contributed by atoms with E-state index in [4.69, 9.17) is 4.42 Å². The lowest BCUT2D eigenvalue weighted by molar-refractivity contribution is 0.194. The van der Waals surface area contributed by atoms with Crippen molar-refractivity contribution >= 4 is 21.4 Å². The largest absolute Gasteiger partial charge is 0.468 e. The van der Waals surface area contributed by atoms with Crippen LogP contribution in [-0.2, 0) is 10.0 Å². The molecule has 2 rings (SSSR count). The molecule has 0 spiro atoms. The first kappa shape index (κ1) is 17.2. The summed E-state index contributed by atoms with van der Waals surface area (Å²) in [7, 11) is -3.48. The van der Waals surface area contributed by atoms with Crippen LogP contribution in [0.3, 0.4) is 0 Å². The Kier molecular flexibility index (Phi) is 5.80. The van der Waals surface area contributed by atoms with Gasteiger partial charge in [-0.3, -0.25) is 4.90 Å². The van der Waals surface area contributed by atoms with E-state index >= 15 is 0 Å². The Morgan fingerprint density at radius 1 is 1.27 bits per heavy atom. The van der Waals surface area contributed by atoms with Crippen LogP contribution in [-0.4, -0.2) is 33.0 Å². The van der Waals surface area contributed by atoms with Crippen LogP contribution in [0.5, 0.6) is 0 Å². The lowest BCUT2D eigenvalue weighted by Gasteiger charge is -2.28. The van der Waals surface area contributed by atoms with E-state index in [2.05, 4.69) is 23.5 Å². The Morgan fingerprint density at radius 3 is 2.50 bits per heavy atom. The predicted molar refractivity (Wildman–Crippen MR) is 88.6 cm³/mol. The molecular formula is C15H22N2O3S2. The predicted octanol–water partition coefficient (Wildman–Crippen LogP) is 3.01. The maximum Gasteiger partial charge on any atom is 0.250 e. The van der Waals surface area contributed by atoms with Crippen molar-refractivity contribution in [1.82, 2.24) is 9.62 Å². The molecule has 0 saturated carbocycles. The van der Waals surface area contributed by atoms with Crippen molar-refractivity contribution in [2.75, 3.05) is 19.6 Å². The normalized spacial score (nSPS) is 13.6. The summed E-state index contributed by atoms with van der Waals surface area (Å²) >= 11 is 1.28. The number of rotatable bonds is 8. The van der Waals surface area contributed by atoms with Crippen molar-refractivity contribution in [3.63, 3.8) is 0 Å². The minimum Gasteiger partial charge on any atom is -0.468 e. The van der Waals surface area contributed by atoms with Crippen molar-refractivity contribution in [2.24, 2.45) is 0 Å². The Hall–Kier alpha value is -1.15. The summed E-state index contributed by atoms with van der Waals surface area (Å²) in [6.07, 6.45) is 1.61. The van der Waals surface area contributed by atoms with Gasteiger partial charge in [-0.15, -0.1) is 11.3 Å². The number of sulfonamides is 1. The summed E-state index contributed by atoms with van der Waals surface area (Å²) in [4.78, 5) is 3.15. The summed E-state index contributed by atoms with van der Waals surface area (Å²) in [6, 6.07) is 7.05. The molecule has 0 aliphatic heterocycles. The molecule has 0 amide bonds. The van der Waals surface area contributed by atoms with Gasteiger partial charge in [0, 0.05) is 11.4 Å². The highest BCUT2D eigenvalue weighted by atomic mass is 32.2. The molecule has 1 unspecified atom stereocenters. The second-order valence-corrected chi connectivity index (χ2v) is 8.25. The zero-order chi connectivity index (χ0) is 16.2. The molecule has 0 aliphatic rings. The van der Waals surface area contributed by atoms with E-state index in [0.717, 1.165) is 23.7 Å². The average molecular weight is 342 g/mol. The van der Waals surface area contributed by atoms with E-state index in [1.165, 1.54) is 11.3 Å². The van der Waals surface area contributed by atoms with Crippen LogP contribution in [0.1, 0.15) is 30.5 Å². The summed E-state index contributed by atoms with van der Waals surface area (Å²) in [5.41, 5.74) is 0. The fourth-order valence-electron chi connectivity index (χ4n) is 2.37. The topological polar surface area (TPSA) is 62.6 Å². The third-order valence-corrected chi connectivity index (χ3v) is 6.49. The van der Waals surface area contributed by atoms with Gasteiger partial charge in [0.15, 0.2) is 0 Å². The minimum atomic E-state index is -3.48. The van der Waals surface area contributed by atoms with Gasteiger partial charge in [-0.2, -0.15) is 0 Å². The van der Waals surface area contributed by atoms with E-state index in [0.29, 0.717) is 4.21 Å². The summed E-state index contributed by atoms with van der Waals surface area (Å²) in [5.74, 6) is 0.772. The van der Waals surface area contributed by atoms with Crippen LogP contribution in [0.15, 0.2) is 39.2 Å². The summed E-state index contributed by atoms with van der Waals surface area (Å²) in [5, 5.41) is 0. The van der Waals surface area contributed by atoms with Crippen LogP contribution in [0.4, 0.5) is 0 Å². The number of nitrogens with zero attached hydrogens (tertiary/aromatic N) is 1.